The van der Waals surface area contributed by atoms with Gasteiger partial charge in [-0.1, -0.05) is 37.6 Å². The highest BCUT2D eigenvalue weighted by molar-refractivity contribution is 5.01. The van der Waals surface area contributed by atoms with Gasteiger partial charge in [0.1, 0.15) is 0 Å². The summed E-state index contributed by atoms with van der Waals surface area (Å²) in [5, 5.41) is 0. The maximum absolute atomic E-state index is 5.05. The molecule has 0 unspecified atom stereocenters. The van der Waals surface area contributed by atoms with Gasteiger partial charge in [0.05, 0.1) is 12.5 Å². The van der Waals surface area contributed by atoms with Gasteiger partial charge < -0.3 is 4.74 Å². The quantitative estimate of drug-likeness (QED) is 0.442. The summed E-state index contributed by atoms with van der Waals surface area (Å²) < 4.78 is 5.05. The molecule has 0 aromatic heterocycles. The molecule has 72 valence electrons. The standard InChI is InChI=1S/C12H18O/c1-3-5-7-8-10-12-13-11-9-6-4-2/h4,6-12H,3,5H2,1-2H3. The van der Waals surface area contributed by atoms with Gasteiger partial charge in [-0.25, -0.2) is 0 Å². The molecule has 0 N–H and O–H groups in total. The van der Waals surface area contributed by atoms with Crippen LogP contribution in [0.25, 0.3) is 0 Å². The Morgan fingerprint density at radius 1 is 1.00 bits per heavy atom. The van der Waals surface area contributed by atoms with E-state index < -0.39 is 0 Å². The van der Waals surface area contributed by atoms with Crippen molar-refractivity contribution in [3.63, 3.8) is 0 Å². The summed E-state index contributed by atoms with van der Waals surface area (Å²) in [6.45, 7) is 4.12. The van der Waals surface area contributed by atoms with Crippen LogP contribution in [0.15, 0.2) is 49.0 Å². The van der Waals surface area contributed by atoms with E-state index in [-0.39, 0.29) is 0 Å². The topological polar surface area (TPSA) is 9.23 Å². The van der Waals surface area contributed by atoms with Crippen LogP contribution >= 0.6 is 0 Å². The maximum atomic E-state index is 5.05. The second-order valence-electron chi connectivity index (χ2n) is 2.54. The van der Waals surface area contributed by atoms with Crippen molar-refractivity contribution in [2.45, 2.75) is 26.7 Å². The molecule has 1 heteroatoms. The average Bonchev–Trinajstić information content (AvgIpc) is 2.16. The van der Waals surface area contributed by atoms with Crippen LogP contribution in [0, 0.1) is 0 Å². The highest BCUT2D eigenvalue weighted by Gasteiger charge is 1.69. The summed E-state index contributed by atoms with van der Waals surface area (Å²) in [5.41, 5.74) is 0. The molecule has 0 saturated heterocycles. The fraction of sp³-hybridized carbons (Fsp3) is 0.333. The number of rotatable bonds is 6. The minimum atomic E-state index is 1.12. The van der Waals surface area contributed by atoms with E-state index in [2.05, 4.69) is 13.0 Å². The van der Waals surface area contributed by atoms with Crippen LogP contribution in [0.5, 0.6) is 0 Å². The molecule has 0 rings (SSSR count). The molecule has 0 bridgehead atoms. The lowest BCUT2D eigenvalue weighted by Crippen LogP contribution is -1.63. The van der Waals surface area contributed by atoms with Gasteiger partial charge in [-0.2, -0.15) is 0 Å². The Morgan fingerprint density at radius 2 is 1.69 bits per heavy atom. The van der Waals surface area contributed by atoms with E-state index in [0.717, 1.165) is 6.42 Å². The lowest BCUT2D eigenvalue weighted by molar-refractivity contribution is 0.403. The Labute approximate surface area is 81.1 Å². The van der Waals surface area contributed by atoms with Crippen molar-refractivity contribution in [3.8, 4) is 0 Å². The summed E-state index contributed by atoms with van der Waals surface area (Å²) in [5.74, 6) is 0. The van der Waals surface area contributed by atoms with Crippen LogP contribution in [-0.4, -0.2) is 0 Å². The smallest absolute Gasteiger partial charge is 0.0901 e. The molecule has 0 aromatic carbocycles. The van der Waals surface area contributed by atoms with Crippen molar-refractivity contribution in [2.24, 2.45) is 0 Å². The Kier molecular flexibility index (Phi) is 9.73. The Morgan fingerprint density at radius 3 is 2.31 bits per heavy atom. The van der Waals surface area contributed by atoms with E-state index in [1.807, 2.05) is 37.3 Å². The fourth-order valence-corrected chi connectivity index (χ4v) is 0.679. The Bertz CT molecular complexity index is 197. The first-order valence-electron chi connectivity index (χ1n) is 4.66. The summed E-state index contributed by atoms with van der Waals surface area (Å²) in [6.07, 6.45) is 17.3. The zero-order valence-corrected chi connectivity index (χ0v) is 8.44. The molecule has 0 aliphatic heterocycles. The Balaban J connectivity index is 3.41. The predicted molar refractivity (Wildman–Crippen MR) is 58.2 cm³/mol. The van der Waals surface area contributed by atoms with Crippen molar-refractivity contribution in [2.75, 3.05) is 0 Å². The molecule has 0 aliphatic rings. The molecule has 0 aromatic rings. The van der Waals surface area contributed by atoms with Crippen LogP contribution in [0.3, 0.4) is 0 Å². The molecular weight excluding hydrogens is 160 g/mol. The van der Waals surface area contributed by atoms with E-state index in [1.165, 1.54) is 6.42 Å². The largest absolute Gasteiger partial charge is 0.473 e. The van der Waals surface area contributed by atoms with Crippen molar-refractivity contribution in [1.82, 2.24) is 0 Å². The van der Waals surface area contributed by atoms with Crippen LogP contribution in [0.4, 0.5) is 0 Å². The van der Waals surface area contributed by atoms with Gasteiger partial charge in [0.2, 0.25) is 0 Å². The fourth-order valence-electron chi connectivity index (χ4n) is 0.679. The van der Waals surface area contributed by atoms with Gasteiger partial charge in [-0.3, -0.25) is 0 Å². The van der Waals surface area contributed by atoms with E-state index in [9.17, 15) is 0 Å². The van der Waals surface area contributed by atoms with E-state index in [0.29, 0.717) is 0 Å². The molecule has 1 nitrogen and oxygen atoms in total. The molecule has 0 aliphatic carbocycles. The molecular formula is C12H18O. The molecule has 0 radical (unpaired) electrons. The third kappa shape index (κ3) is 10.8. The normalized spacial score (nSPS) is 12.8. The molecule has 0 fully saturated rings. The van der Waals surface area contributed by atoms with Gasteiger partial charge in [0.15, 0.2) is 0 Å². The second-order valence-corrected chi connectivity index (χ2v) is 2.54. The Hall–Kier alpha value is -1.24. The first-order valence-corrected chi connectivity index (χ1v) is 4.66. The van der Waals surface area contributed by atoms with E-state index in [4.69, 9.17) is 4.74 Å². The monoisotopic (exact) mass is 178 g/mol. The van der Waals surface area contributed by atoms with Crippen molar-refractivity contribution in [3.05, 3.63) is 49.0 Å². The molecule has 0 atom stereocenters. The van der Waals surface area contributed by atoms with Gasteiger partial charge in [-0.15, -0.1) is 0 Å². The number of unbranched alkanes of at least 4 members (excludes halogenated alkanes) is 1. The SMILES string of the molecule is CC=CC=COC=CC=CCCC. The third-order valence-electron chi connectivity index (χ3n) is 1.32. The van der Waals surface area contributed by atoms with Crippen molar-refractivity contribution < 1.29 is 4.74 Å². The van der Waals surface area contributed by atoms with E-state index in [1.54, 1.807) is 12.5 Å². The summed E-state index contributed by atoms with van der Waals surface area (Å²) in [7, 11) is 0. The molecule has 0 amide bonds. The minimum Gasteiger partial charge on any atom is -0.473 e. The lowest BCUT2D eigenvalue weighted by atomic mass is 10.3. The number of hydrogen-bond acceptors (Lipinski definition) is 1. The van der Waals surface area contributed by atoms with Crippen LogP contribution in [0.1, 0.15) is 26.7 Å². The molecule has 13 heavy (non-hydrogen) atoms. The summed E-state index contributed by atoms with van der Waals surface area (Å²) in [6, 6.07) is 0. The van der Waals surface area contributed by atoms with Crippen LogP contribution in [-0.2, 0) is 4.74 Å². The first kappa shape index (κ1) is 11.8. The highest BCUT2D eigenvalue weighted by atomic mass is 16.5. The van der Waals surface area contributed by atoms with Crippen LogP contribution in [0.2, 0.25) is 0 Å². The number of ether oxygens (including phenoxy) is 1. The second kappa shape index (κ2) is 10.8. The van der Waals surface area contributed by atoms with Gasteiger partial charge in [-0.05, 0) is 25.5 Å². The van der Waals surface area contributed by atoms with Crippen molar-refractivity contribution in [1.29, 1.82) is 0 Å². The maximum Gasteiger partial charge on any atom is 0.0901 e. The van der Waals surface area contributed by atoms with Gasteiger partial charge in [0.25, 0.3) is 0 Å². The van der Waals surface area contributed by atoms with Crippen LogP contribution < -0.4 is 0 Å². The minimum absolute atomic E-state index is 1.12. The third-order valence-corrected chi connectivity index (χ3v) is 1.32. The van der Waals surface area contributed by atoms with Gasteiger partial charge in [0, 0.05) is 0 Å². The summed E-state index contributed by atoms with van der Waals surface area (Å²) >= 11 is 0. The predicted octanol–water partition coefficient (Wildman–Crippen LogP) is 3.96. The average molecular weight is 178 g/mol. The van der Waals surface area contributed by atoms with Crippen molar-refractivity contribution >= 4 is 0 Å². The van der Waals surface area contributed by atoms with E-state index >= 15 is 0 Å². The summed E-state index contributed by atoms with van der Waals surface area (Å²) in [4.78, 5) is 0. The number of allylic oxidation sites excluding steroid dienone is 6. The molecule has 0 spiro atoms. The number of hydrogen-bond donors (Lipinski definition) is 0. The zero-order valence-electron chi connectivity index (χ0n) is 8.44. The van der Waals surface area contributed by atoms with Gasteiger partial charge >= 0.3 is 0 Å². The molecule has 0 heterocycles. The molecule has 0 saturated carbocycles. The lowest BCUT2D eigenvalue weighted by Gasteiger charge is -1.85. The zero-order chi connectivity index (χ0) is 9.78. The highest BCUT2D eigenvalue weighted by Crippen LogP contribution is 1.89. The first-order chi connectivity index (χ1) is 6.41.